The van der Waals surface area contributed by atoms with Crippen LogP contribution in [0.25, 0.3) is 10.9 Å². The van der Waals surface area contributed by atoms with Crippen molar-refractivity contribution in [3.05, 3.63) is 50.6 Å². The Morgan fingerprint density at radius 3 is 3.00 bits per heavy atom. The lowest BCUT2D eigenvalue weighted by atomic mass is 9.92. The molecule has 2 atom stereocenters. The molecular formula is C21H21ClN4O2S2. The third-order valence-corrected chi connectivity index (χ3v) is 8.43. The molecule has 0 radical (unpaired) electrons. The molecule has 156 valence electrons. The summed E-state index contributed by atoms with van der Waals surface area (Å²) in [5.74, 6) is -0.155. The number of halogens is 1. The zero-order valence-corrected chi connectivity index (χ0v) is 18.8. The first kappa shape index (κ1) is 20.1. The van der Waals surface area contributed by atoms with Gasteiger partial charge in [-0.2, -0.15) is 0 Å². The minimum atomic E-state index is -0.155. The molecule has 0 spiro atoms. The zero-order valence-electron chi connectivity index (χ0n) is 16.4. The Morgan fingerprint density at radius 1 is 1.33 bits per heavy atom. The molecule has 9 heteroatoms. The van der Waals surface area contributed by atoms with E-state index in [1.54, 1.807) is 12.1 Å². The molecule has 1 fully saturated rings. The van der Waals surface area contributed by atoms with Crippen molar-refractivity contribution in [1.29, 1.82) is 0 Å². The van der Waals surface area contributed by atoms with Crippen LogP contribution in [0.1, 0.15) is 43.7 Å². The molecule has 1 aromatic carbocycles. The van der Waals surface area contributed by atoms with Gasteiger partial charge in [-0.15, -0.1) is 11.3 Å². The van der Waals surface area contributed by atoms with E-state index in [0.29, 0.717) is 15.7 Å². The topological polar surface area (TPSA) is 78.1 Å². The van der Waals surface area contributed by atoms with Crippen LogP contribution in [-0.2, 0) is 13.0 Å². The van der Waals surface area contributed by atoms with Gasteiger partial charge in [0.15, 0.2) is 5.01 Å². The highest BCUT2D eigenvalue weighted by atomic mass is 35.5. The van der Waals surface area contributed by atoms with Gasteiger partial charge in [-0.1, -0.05) is 23.4 Å². The zero-order chi connectivity index (χ0) is 20.8. The molecule has 2 aliphatic rings. The average molecular weight is 461 g/mol. The molecule has 1 aliphatic carbocycles. The largest absolute Gasteiger partial charge is 0.351 e. The van der Waals surface area contributed by atoms with Gasteiger partial charge in [0.1, 0.15) is 5.69 Å². The number of carbonyl (C=O) groups is 2. The molecule has 30 heavy (non-hydrogen) atoms. The standard InChI is InChI=1S/C21H21ClN4O2S2/c1-26-7-6-15-18(10-26)29-20(25-15)21(28)30-17-5-4-14(17)24-19(27)16-9-11-8-12(22)2-3-13(11)23-16/h2-3,8-9,14,17,23H,4-7,10H2,1H3,(H,24,27). The number of nitrogens with zero attached hydrogens (tertiary/aromatic N) is 2. The molecule has 2 unspecified atom stereocenters. The molecule has 2 aromatic heterocycles. The summed E-state index contributed by atoms with van der Waals surface area (Å²) >= 11 is 8.85. The van der Waals surface area contributed by atoms with Gasteiger partial charge in [-0.25, -0.2) is 4.98 Å². The van der Waals surface area contributed by atoms with Crippen LogP contribution in [0.2, 0.25) is 5.02 Å². The van der Waals surface area contributed by atoms with Crippen LogP contribution in [0.5, 0.6) is 0 Å². The van der Waals surface area contributed by atoms with Gasteiger partial charge in [-0.3, -0.25) is 9.59 Å². The summed E-state index contributed by atoms with van der Waals surface area (Å²) in [5.41, 5.74) is 2.45. The van der Waals surface area contributed by atoms with Gasteiger partial charge in [0.05, 0.1) is 5.69 Å². The summed E-state index contributed by atoms with van der Waals surface area (Å²) in [6.45, 7) is 1.84. The maximum atomic E-state index is 12.8. The number of carbonyl (C=O) groups excluding carboxylic acids is 2. The van der Waals surface area contributed by atoms with E-state index in [4.69, 9.17) is 11.6 Å². The molecule has 0 saturated heterocycles. The fraction of sp³-hybridized carbons (Fsp3) is 0.381. The third kappa shape index (κ3) is 3.89. The van der Waals surface area contributed by atoms with Gasteiger partial charge in [-0.05, 0) is 44.2 Å². The quantitative estimate of drug-likeness (QED) is 0.612. The van der Waals surface area contributed by atoms with E-state index in [-0.39, 0.29) is 22.3 Å². The molecule has 5 rings (SSSR count). The molecule has 3 aromatic rings. The highest BCUT2D eigenvalue weighted by Crippen LogP contribution is 2.36. The van der Waals surface area contributed by atoms with Crippen LogP contribution in [-0.4, -0.2) is 50.8 Å². The molecule has 3 heterocycles. The van der Waals surface area contributed by atoms with E-state index in [9.17, 15) is 9.59 Å². The van der Waals surface area contributed by atoms with Crippen molar-refractivity contribution in [2.45, 2.75) is 37.1 Å². The Kier molecular flexibility index (Phi) is 5.35. The first-order chi connectivity index (χ1) is 14.5. The van der Waals surface area contributed by atoms with Gasteiger partial charge < -0.3 is 15.2 Å². The lowest BCUT2D eigenvalue weighted by molar-refractivity contribution is 0.0913. The molecule has 1 amide bonds. The number of fused-ring (bicyclic) bond motifs is 2. The van der Waals surface area contributed by atoms with Crippen LogP contribution in [0.15, 0.2) is 24.3 Å². The highest BCUT2D eigenvalue weighted by molar-refractivity contribution is 8.15. The first-order valence-electron chi connectivity index (χ1n) is 9.93. The number of hydrogen-bond donors (Lipinski definition) is 2. The number of amides is 1. The predicted molar refractivity (Wildman–Crippen MR) is 122 cm³/mol. The van der Waals surface area contributed by atoms with Crippen molar-refractivity contribution in [3.8, 4) is 0 Å². The predicted octanol–water partition coefficient (Wildman–Crippen LogP) is 4.10. The molecule has 2 N–H and O–H groups in total. The SMILES string of the molecule is CN1CCc2nc(C(=O)SC3CCC3NC(=O)c3cc4cc(Cl)ccc4[nH]3)sc2C1. The van der Waals surface area contributed by atoms with Gasteiger partial charge in [0.2, 0.25) is 5.12 Å². The van der Waals surface area contributed by atoms with Gasteiger partial charge in [0.25, 0.3) is 5.91 Å². The molecule has 0 bridgehead atoms. The number of thioether (sulfide) groups is 1. The van der Waals surface area contributed by atoms with Crippen LogP contribution in [0, 0.1) is 0 Å². The summed E-state index contributed by atoms with van der Waals surface area (Å²) in [4.78, 5) is 36.6. The number of H-pyrrole nitrogens is 1. The van der Waals surface area contributed by atoms with E-state index < -0.39 is 0 Å². The maximum Gasteiger partial charge on any atom is 0.267 e. The Bertz CT molecular complexity index is 1140. The van der Waals surface area contributed by atoms with Crippen molar-refractivity contribution < 1.29 is 9.59 Å². The summed E-state index contributed by atoms with van der Waals surface area (Å²) in [5, 5.41) is 5.30. The lowest BCUT2D eigenvalue weighted by Crippen LogP contribution is -2.49. The van der Waals surface area contributed by atoms with E-state index in [0.717, 1.165) is 48.9 Å². The highest BCUT2D eigenvalue weighted by Gasteiger charge is 2.36. The van der Waals surface area contributed by atoms with Crippen molar-refractivity contribution in [1.82, 2.24) is 20.2 Å². The van der Waals surface area contributed by atoms with Crippen molar-refractivity contribution in [2.75, 3.05) is 13.6 Å². The average Bonchev–Trinajstić information content (AvgIpc) is 3.32. The number of thiazole rings is 1. The summed E-state index contributed by atoms with van der Waals surface area (Å²) in [6.07, 6.45) is 2.69. The third-order valence-electron chi connectivity index (χ3n) is 5.71. The number of aromatic amines is 1. The van der Waals surface area contributed by atoms with Crippen LogP contribution in [0.3, 0.4) is 0 Å². The van der Waals surface area contributed by atoms with E-state index in [2.05, 4.69) is 27.2 Å². The second-order valence-electron chi connectivity index (χ2n) is 7.89. The van der Waals surface area contributed by atoms with Crippen LogP contribution >= 0.6 is 34.7 Å². The Balaban J connectivity index is 1.22. The van der Waals surface area contributed by atoms with E-state index >= 15 is 0 Å². The molecule has 6 nitrogen and oxygen atoms in total. The van der Waals surface area contributed by atoms with Crippen LogP contribution < -0.4 is 5.32 Å². The fourth-order valence-corrected chi connectivity index (χ4v) is 6.36. The van der Waals surface area contributed by atoms with Crippen molar-refractivity contribution in [3.63, 3.8) is 0 Å². The van der Waals surface area contributed by atoms with E-state index in [1.165, 1.54) is 28.0 Å². The maximum absolute atomic E-state index is 12.8. The van der Waals surface area contributed by atoms with Gasteiger partial charge >= 0.3 is 0 Å². The second-order valence-corrected chi connectivity index (χ2v) is 10.6. The molecule has 1 saturated carbocycles. The normalized spacial score (nSPS) is 21.3. The monoisotopic (exact) mass is 460 g/mol. The number of benzene rings is 1. The Labute approximate surface area is 187 Å². The minimum Gasteiger partial charge on any atom is -0.351 e. The Hall–Kier alpha value is -1.87. The van der Waals surface area contributed by atoms with Crippen LogP contribution in [0.4, 0.5) is 0 Å². The molecule has 1 aliphatic heterocycles. The number of aromatic nitrogens is 2. The number of nitrogens with one attached hydrogen (secondary N) is 2. The smallest absolute Gasteiger partial charge is 0.267 e. The summed E-state index contributed by atoms with van der Waals surface area (Å²) < 4.78 is 0. The van der Waals surface area contributed by atoms with E-state index in [1.807, 2.05) is 12.1 Å². The number of likely N-dealkylation sites (N-methyl/N-ethyl adjacent to an activating group) is 1. The van der Waals surface area contributed by atoms with Crippen molar-refractivity contribution >= 4 is 56.6 Å². The number of rotatable bonds is 4. The lowest BCUT2D eigenvalue weighted by Gasteiger charge is -2.35. The summed E-state index contributed by atoms with van der Waals surface area (Å²) in [7, 11) is 2.09. The fourth-order valence-electron chi connectivity index (χ4n) is 3.85. The summed E-state index contributed by atoms with van der Waals surface area (Å²) in [6, 6.07) is 7.28. The number of hydrogen-bond acceptors (Lipinski definition) is 6. The first-order valence-corrected chi connectivity index (χ1v) is 12.0. The van der Waals surface area contributed by atoms with Gasteiger partial charge in [0, 0.05) is 51.6 Å². The Morgan fingerprint density at radius 2 is 2.20 bits per heavy atom. The second kappa shape index (κ2) is 8.00. The molecular weight excluding hydrogens is 440 g/mol. The minimum absolute atomic E-state index is 0.0119. The van der Waals surface area contributed by atoms with Crippen molar-refractivity contribution in [2.24, 2.45) is 0 Å².